The van der Waals surface area contributed by atoms with Crippen LogP contribution < -0.4 is 11.2 Å². The van der Waals surface area contributed by atoms with E-state index in [0.29, 0.717) is 51.2 Å². The summed E-state index contributed by atoms with van der Waals surface area (Å²) in [7, 11) is 1.46. The molecule has 120 heavy (non-hydrogen) atoms. The molecule has 1 unspecified atom stereocenters. The molecule has 3 aliphatic carbocycles. The zero-order chi connectivity index (χ0) is 91.8. The Morgan fingerprint density at radius 3 is 1.67 bits per heavy atom. The van der Waals surface area contributed by atoms with E-state index < -0.39 is 79.2 Å². The number of Topliss-reactive ketones (excluding diaryl/α,β-unsaturated/α-hetero) is 1. The Balaban J connectivity index is 0.000000731. The van der Waals surface area contributed by atoms with Gasteiger partial charge in [-0.15, -0.1) is 9.24 Å². The number of halogens is 2. The number of aryl methyl sites for hydroxylation is 2. The Labute approximate surface area is 710 Å². The smallest absolute Gasteiger partial charge is 0.310 e. The number of rotatable bonds is 26. The van der Waals surface area contributed by atoms with Gasteiger partial charge in [-0.25, -0.2) is 8.78 Å². The van der Waals surface area contributed by atoms with Gasteiger partial charge in [-0.05, 0) is 220 Å². The van der Waals surface area contributed by atoms with Crippen molar-refractivity contribution < 1.29 is 118 Å². The van der Waals surface area contributed by atoms with Gasteiger partial charge < -0.3 is 68.8 Å². The largest absolute Gasteiger partial charge is 0.503 e. The highest BCUT2D eigenvalue weighted by Gasteiger charge is 2.48. The summed E-state index contributed by atoms with van der Waals surface area (Å²) in [6, 6.07) is 9.88. The van der Waals surface area contributed by atoms with Gasteiger partial charge in [-0.3, -0.25) is 52.1 Å². The number of benzene rings is 2. The maximum Gasteiger partial charge on any atom is 0.310 e. The second-order valence-corrected chi connectivity index (χ2v) is 37.0. The molecule has 680 valence electrons. The van der Waals surface area contributed by atoms with Crippen LogP contribution in [0.25, 0.3) is 10.4 Å². The van der Waals surface area contributed by atoms with E-state index in [-0.39, 0.29) is 170 Å². The molecule has 1 amide bonds. The number of azide groups is 1. The molecule has 3 aromatic rings. The number of pyridine rings is 1. The number of hydrogen-bond donors (Lipinski definition) is 5. The number of carboxylic acid groups (broad SMARTS) is 1. The standard InChI is InChI=1S/C23H22F2N2O5.C17H26O5S.C12H20O4.C11H20O4.C10H19N3O2.C6H13NO.C5H10O3.C2H7P/c24-14-6-4-12(16(25)8-14)5-7-18(28)15-9-26-10-19-27(17-3-1-2-13(17)11-32-19)23(31)20(26)22(30)21(15)29;1-13-6-9-15(10-7-13)23(19,20)21-12-14(2)8-11-16(18)22-17(3,4)5;1-12(2,3)16-10(13)7-8-5-4-6-9(8)11(14)15;1-8(10(13)14-5)6-7-9(12)15-11(2,3)4;1-8(7-12-13-11)5-6-9(14)15-10(2,3)4;7-6-3-1-2-5(6)4-8;1-4(3-6)5(7)8-2;1-2-3/h4,6,8-9,13,17,19,30H,1-3,5,7,10-11H2;6-7,9-10,14H,8,11-12H2,1-5H3;8-9H,4-7H2,1-3H3,(H,14,15);8H,6-7H2,1-5H3;8H,5-7H2,1-4H3;5-6,8H,1-4,7H2;4,6H,3H2,1-2H3;2-3H2,1H3/t13-,17-,19+;14-;8-,9-;2*8-;5-,6-;4-;/m0010000./s1. The first-order chi connectivity index (χ1) is 55.7. The summed E-state index contributed by atoms with van der Waals surface area (Å²) < 4.78 is 92.9. The first kappa shape index (κ1) is 110. The third-order valence-electron chi connectivity index (χ3n) is 19.0. The van der Waals surface area contributed by atoms with Crippen molar-refractivity contribution in [2.75, 3.05) is 53.4 Å². The number of amides is 1. The molecule has 1 saturated heterocycles. The average molecular weight is 1740 g/mol. The first-order valence-corrected chi connectivity index (χ1v) is 43.2. The molecule has 3 heterocycles. The molecular weight excluding hydrogens is 1600 g/mol. The Kier molecular flexibility index (Phi) is 49.3. The molecule has 4 fully saturated rings. The van der Waals surface area contributed by atoms with E-state index in [1.807, 2.05) is 104 Å². The topological polar surface area (TPSA) is 443 Å². The molecule has 0 radical (unpaired) electrons. The van der Waals surface area contributed by atoms with Crippen LogP contribution in [0.4, 0.5) is 8.78 Å². The second-order valence-electron chi connectivity index (χ2n) is 34.6. The van der Waals surface area contributed by atoms with Gasteiger partial charge in [0.05, 0.1) is 68.8 Å². The number of carbonyl (C=O) groups excluding carboxylic acids is 8. The van der Waals surface area contributed by atoms with E-state index in [1.54, 1.807) is 30.9 Å². The minimum Gasteiger partial charge on any atom is -0.503 e. The fourth-order valence-corrected chi connectivity index (χ4v) is 13.8. The van der Waals surface area contributed by atoms with Gasteiger partial charge >= 0.3 is 41.8 Å². The highest BCUT2D eigenvalue weighted by Crippen LogP contribution is 2.40. The molecule has 0 spiro atoms. The first-order valence-electron chi connectivity index (χ1n) is 41.0. The number of aromatic nitrogens is 1. The van der Waals surface area contributed by atoms with E-state index in [4.69, 9.17) is 54.5 Å². The lowest BCUT2D eigenvalue weighted by molar-refractivity contribution is -0.158. The Morgan fingerprint density at radius 2 is 1.20 bits per heavy atom. The highest BCUT2D eigenvalue weighted by atomic mass is 32.2. The zero-order valence-electron chi connectivity index (χ0n) is 74.2. The van der Waals surface area contributed by atoms with Gasteiger partial charge in [-0.1, -0.05) is 75.8 Å². The molecule has 6 N–H and O–H groups in total. The van der Waals surface area contributed by atoms with Gasteiger partial charge in [0.2, 0.25) is 5.43 Å². The predicted octanol–water partition coefficient (Wildman–Crippen LogP) is 14.1. The van der Waals surface area contributed by atoms with Gasteiger partial charge in [0.25, 0.3) is 16.0 Å². The Morgan fingerprint density at radius 1 is 0.700 bits per heavy atom. The third kappa shape index (κ3) is 43.1. The lowest BCUT2D eigenvalue weighted by Crippen LogP contribution is -2.59. The molecule has 1 aromatic heterocycles. The lowest BCUT2D eigenvalue weighted by atomic mass is 9.93. The van der Waals surface area contributed by atoms with E-state index in [0.717, 1.165) is 62.6 Å². The number of aromatic hydroxyl groups is 1. The minimum absolute atomic E-state index is 0.0245. The molecule has 2 aromatic carbocycles. The van der Waals surface area contributed by atoms with Gasteiger partial charge in [-0.2, -0.15) is 8.42 Å². The number of methoxy groups -OCH3 is 2. The van der Waals surface area contributed by atoms with Crippen LogP contribution in [0.15, 0.2) is 63.5 Å². The van der Waals surface area contributed by atoms with E-state index in [1.165, 1.54) is 55.8 Å². The number of aliphatic carboxylic acids is 1. The van der Waals surface area contributed by atoms with Crippen molar-refractivity contribution in [3.05, 3.63) is 103 Å². The average Bonchev–Trinajstić information content (AvgIpc) is 1.20. The number of nitrogens with two attached hydrogens (primary N) is 1. The Hall–Kier alpha value is -8.03. The minimum atomic E-state index is -3.76. The normalized spacial score (nSPS) is 19.2. The van der Waals surface area contributed by atoms with Crippen molar-refractivity contribution in [2.45, 2.75) is 292 Å². The number of carboxylic acids is 1. The van der Waals surface area contributed by atoms with Crippen LogP contribution in [0, 0.1) is 65.9 Å². The molecule has 12 atom stereocenters. The number of ether oxygens (including phenoxy) is 7. The van der Waals surface area contributed by atoms with Gasteiger partial charge in [0.15, 0.2) is 23.5 Å². The molecule has 8 rings (SSSR count). The Bertz CT molecular complexity index is 3960. The molecular formula is C86H137F2N6O24PS. The lowest BCUT2D eigenvalue weighted by Gasteiger charge is -2.46. The number of carbonyl (C=O) groups is 9. The maximum absolute atomic E-state index is 13.9. The molecule has 30 nitrogen and oxygen atoms in total. The summed E-state index contributed by atoms with van der Waals surface area (Å²) in [5, 5.41) is 40.0. The summed E-state index contributed by atoms with van der Waals surface area (Å²) in [4.78, 5) is 121. The predicted molar refractivity (Wildman–Crippen MR) is 451 cm³/mol. The third-order valence-corrected chi connectivity index (χ3v) is 20.3. The zero-order valence-corrected chi connectivity index (χ0v) is 76.1. The van der Waals surface area contributed by atoms with Crippen LogP contribution in [-0.2, 0) is 94.0 Å². The SMILES string of the molecule is CC(C)(C)OC(=O)C[C@H]1CCC[C@H]1C(=O)O.CCP.COC(=O)[C@@H](C)CCC(=O)OC(C)(C)C.COC(=O)[C@@H](C)CO.C[C@@H](CCC(=O)OC(C)(C)C)CN=[N+]=[N-].Cc1ccc(S(=O)(=O)OC[C@@H](C)CCC(=O)OC(C)(C)C)cc1.N[C@H]1CCC[C@H]1CO.O=C(CCc1ccc(F)cc1F)c1cn2c(c(O)c1=O)C(=O)N1[C@@H](C2)OC[C@@H]2CCC[C@@H]21. The van der Waals surface area contributed by atoms with Crippen LogP contribution in [0.1, 0.15) is 259 Å². The van der Waals surface area contributed by atoms with Crippen LogP contribution in [-0.4, -0.2) is 186 Å². The fourth-order valence-electron chi connectivity index (χ4n) is 12.8. The summed E-state index contributed by atoms with van der Waals surface area (Å²) in [6.07, 6.45) is 13.1. The van der Waals surface area contributed by atoms with Gasteiger partial charge in [0, 0.05) is 80.4 Å². The highest BCUT2D eigenvalue weighted by molar-refractivity contribution is 7.86. The molecule has 5 aliphatic rings. The van der Waals surface area contributed by atoms with Gasteiger partial charge in [0.1, 0.15) is 34.0 Å². The number of aliphatic hydroxyl groups is 2. The van der Waals surface area contributed by atoms with Crippen molar-refractivity contribution in [2.24, 2.45) is 58.2 Å². The number of hydrogen-bond acceptors (Lipinski definition) is 25. The van der Waals surface area contributed by atoms with E-state index in [9.17, 15) is 70.3 Å². The number of ketones is 1. The molecule has 0 bridgehead atoms. The number of nitrogens with zero attached hydrogens (tertiary/aromatic N) is 5. The summed E-state index contributed by atoms with van der Waals surface area (Å²) in [6.45, 7) is 34.3. The summed E-state index contributed by atoms with van der Waals surface area (Å²) in [5.74, 6) is -6.08. The van der Waals surface area contributed by atoms with Crippen molar-refractivity contribution in [1.82, 2.24) is 9.47 Å². The van der Waals surface area contributed by atoms with Crippen LogP contribution in [0.3, 0.4) is 0 Å². The quantitative estimate of drug-likeness (QED) is 0.00728. The number of esters is 6. The van der Waals surface area contributed by atoms with E-state index in [2.05, 4.69) is 35.7 Å². The van der Waals surface area contributed by atoms with Crippen LogP contribution in [0.5, 0.6) is 5.75 Å². The molecule has 2 aliphatic heterocycles. The molecule has 3 saturated carbocycles. The maximum atomic E-state index is 13.9. The van der Waals surface area contributed by atoms with Crippen molar-refractivity contribution in [3.63, 3.8) is 0 Å². The second kappa shape index (κ2) is 53.8. The molecule has 34 heteroatoms. The summed E-state index contributed by atoms with van der Waals surface area (Å²) in [5.41, 5.74) is 11.6. The number of aliphatic hydroxyl groups excluding tert-OH is 2. The number of fused-ring (bicyclic) bond motifs is 4. The van der Waals surface area contributed by atoms with Crippen molar-refractivity contribution >= 4 is 72.8 Å². The van der Waals surface area contributed by atoms with Crippen LogP contribution >= 0.6 is 9.24 Å². The van der Waals surface area contributed by atoms with Crippen LogP contribution in [0.2, 0.25) is 0 Å². The fraction of sp³-hybridized carbons (Fsp3) is 0.698. The van der Waals surface area contributed by atoms with Crippen molar-refractivity contribution in [1.29, 1.82) is 0 Å². The monoisotopic (exact) mass is 1740 g/mol. The summed E-state index contributed by atoms with van der Waals surface area (Å²) >= 11 is 0. The van der Waals surface area contributed by atoms with Crippen molar-refractivity contribution in [3.8, 4) is 5.75 Å². The van der Waals surface area contributed by atoms with E-state index >= 15 is 0 Å².